The van der Waals surface area contributed by atoms with Gasteiger partial charge in [-0.25, -0.2) is 0 Å². The van der Waals surface area contributed by atoms with Gasteiger partial charge in [0.1, 0.15) is 0 Å². The van der Waals surface area contributed by atoms with Crippen LogP contribution in [0, 0.1) is 13.8 Å². The highest BCUT2D eigenvalue weighted by atomic mass is 35.5. The van der Waals surface area contributed by atoms with Gasteiger partial charge < -0.3 is 0 Å². The first-order chi connectivity index (χ1) is 5.25. The summed E-state index contributed by atoms with van der Waals surface area (Å²) in [6.07, 6.45) is 0. The molecule has 0 radical (unpaired) electrons. The number of hydrogen-bond donors (Lipinski definition) is 0. The van der Waals surface area contributed by atoms with Crippen molar-refractivity contribution in [2.45, 2.75) is 13.8 Å². The molecule has 0 saturated carbocycles. The molecule has 11 heavy (non-hydrogen) atoms. The van der Waals surface area contributed by atoms with Gasteiger partial charge in [0.05, 0.1) is 17.5 Å². The first-order valence-electron chi connectivity index (χ1n) is 3.34. The summed E-state index contributed by atoms with van der Waals surface area (Å²) >= 11 is 5.12. The third kappa shape index (κ3) is 1.77. The second kappa shape index (κ2) is 3.49. The summed E-state index contributed by atoms with van der Waals surface area (Å²) in [4.78, 5) is 0. The molecule has 0 aliphatic rings. The van der Waals surface area contributed by atoms with E-state index in [4.69, 9.17) is 11.8 Å². The lowest BCUT2D eigenvalue weighted by Gasteiger charge is -2.00. The number of halogens is 1. The summed E-state index contributed by atoms with van der Waals surface area (Å²) in [6.45, 7) is 4.03. The maximum Gasteiger partial charge on any atom is 0.0899 e. The maximum absolute atomic E-state index is 5.12. The smallest absolute Gasteiger partial charge is 0.0899 e. The first-order valence-corrected chi connectivity index (χ1v) is 3.67. The fourth-order valence-electron chi connectivity index (χ4n) is 0.885. The Morgan fingerprint density at radius 1 is 1.27 bits per heavy atom. The Morgan fingerprint density at radius 2 is 2.00 bits per heavy atom. The van der Waals surface area contributed by atoms with E-state index in [9.17, 15) is 0 Å². The largest absolute Gasteiger partial charge is 0.138 e. The van der Waals surface area contributed by atoms with E-state index in [-0.39, 0.29) is 0 Å². The van der Waals surface area contributed by atoms with Crippen molar-refractivity contribution in [2.24, 2.45) is 9.75 Å². The molecular weight excluding hydrogens is 160 g/mol. The molecule has 0 aromatic heterocycles. The molecule has 1 aromatic rings. The summed E-state index contributed by atoms with van der Waals surface area (Å²) in [6, 6.07) is 5.85. The highest BCUT2D eigenvalue weighted by Gasteiger charge is 1.97. The van der Waals surface area contributed by atoms with Crippen LogP contribution >= 0.6 is 11.8 Å². The normalized spacial score (nSPS) is 10.8. The number of benzene rings is 1. The van der Waals surface area contributed by atoms with Gasteiger partial charge in [-0.15, -0.1) is 5.11 Å². The Balaban J connectivity index is 3.16. The van der Waals surface area contributed by atoms with Crippen LogP contribution in [0.5, 0.6) is 0 Å². The minimum absolute atomic E-state index is 0.833. The van der Waals surface area contributed by atoms with Crippen LogP contribution in [-0.2, 0) is 0 Å². The van der Waals surface area contributed by atoms with E-state index in [2.05, 4.69) is 9.75 Å². The van der Waals surface area contributed by atoms with Crippen LogP contribution in [0.3, 0.4) is 0 Å². The van der Waals surface area contributed by atoms with Gasteiger partial charge in [-0.05, 0) is 31.0 Å². The van der Waals surface area contributed by atoms with Crippen molar-refractivity contribution < 1.29 is 0 Å². The van der Waals surface area contributed by atoms with E-state index >= 15 is 0 Å². The molecule has 0 spiro atoms. The van der Waals surface area contributed by atoms with Crippen LogP contribution in [0.1, 0.15) is 11.1 Å². The van der Waals surface area contributed by atoms with Crippen LogP contribution in [0.4, 0.5) is 5.69 Å². The van der Waals surface area contributed by atoms with Gasteiger partial charge in [-0.3, -0.25) is 0 Å². The van der Waals surface area contributed by atoms with Gasteiger partial charge in [0.25, 0.3) is 0 Å². The molecule has 3 heteroatoms. The van der Waals surface area contributed by atoms with Gasteiger partial charge in [0, 0.05) is 0 Å². The van der Waals surface area contributed by atoms with Crippen molar-refractivity contribution in [1.29, 1.82) is 0 Å². The molecule has 0 saturated heterocycles. The van der Waals surface area contributed by atoms with Gasteiger partial charge in [0.2, 0.25) is 0 Å². The topological polar surface area (TPSA) is 24.7 Å². The molecule has 0 atom stereocenters. The zero-order valence-corrected chi connectivity index (χ0v) is 7.26. The van der Waals surface area contributed by atoms with E-state index in [1.807, 2.05) is 32.0 Å². The number of nitrogens with zero attached hydrogens (tertiary/aromatic N) is 2. The number of hydrogen-bond acceptors (Lipinski definition) is 2. The highest BCUT2D eigenvalue weighted by Crippen LogP contribution is 2.21. The lowest BCUT2D eigenvalue weighted by molar-refractivity contribution is 1.25. The van der Waals surface area contributed by atoms with Crippen molar-refractivity contribution in [3.8, 4) is 0 Å². The molecule has 58 valence electrons. The summed E-state index contributed by atoms with van der Waals surface area (Å²) in [7, 11) is 0. The minimum atomic E-state index is 0.833. The molecular formula is C8H9ClN2. The van der Waals surface area contributed by atoms with E-state index < -0.39 is 0 Å². The standard InChI is InChI=1S/C8H9ClN2/c1-6-4-3-5-8(7(6)2)10-11-9/h3-5H,1-2H3. The molecule has 1 aromatic carbocycles. The monoisotopic (exact) mass is 168 g/mol. The van der Waals surface area contributed by atoms with Crippen LogP contribution in [0.15, 0.2) is 27.9 Å². The van der Waals surface area contributed by atoms with E-state index in [0.717, 1.165) is 11.3 Å². The van der Waals surface area contributed by atoms with Crippen LogP contribution < -0.4 is 0 Å². The molecule has 0 amide bonds. The second-order valence-electron chi connectivity index (χ2n) is 2.39. The van der Waals surface area contributed by atoms with Gasteiger partial charge in [-0.1, -0.05) is 16.8 Å². The molecule has 0 fully saturated rings. The number of rotatable bonds is 1. The van der Waals surface area contributed by atoms with Gasteiger partial charge in [0.15, 0.2) is 0 Å². The Hall–Kier alpha value is -0.890. The minimum Gasteiger partial charge on any atom is -0.138 e. The van der Waals surface area contributed by atoms with Gasteiger partial charge in [-0.2, -0.15) is 0 Å². The Kier molecular flexibility index (Phi) is 2.60. The van der Waals surface area contributed by atoms with E-state index in [0.29, 0.717) is 0 Å². The van der Waals surface area contributed by atoms with E-state index in [1.165, 1.54) is 5.56 Å². The van der Waals surface area contributed by atoms with Crippen molar-refractivity contribution >= 4 is 17.5 Å². The molecule has 0 bridgehead atoms. The molecule has 1 rings (SSSR count). The molecule has 0 unspecified atom stereocenters. The first kappa shape index (κ1) is 8.21. The van der Waals surface area contributed by atoms with Crippen LogP contribution in [0.25, 0.3) is 0 Å². The molecule has 0 heterocycles. The molecule has 0 aliphatic carbocycles. The second-order valence-corrected chi connectivity index (χ2v) is 2.55. The average molecular weight is 169 g/mol. The van der Waals surface area contributed by atoms with Crippen molar-refractivity contribution in [3.05, 3.63) is 29.3 Å². The van der Waals surface area contributed by atoms with Gasteiger partial charge >= 0.3 is 0 Å². The predicted octanol–water partition coefficient (Wildman–Crippen LogP) is 3.54. The van der Waals surface area contributed by atoms with Crippen LogP contribution in [-0.4, -0.2) is 0 Å². The third-order valence-electron chi connectivity index (χ3n) is 1.72. The highest BCUT2D eigenvalue weighted by molar-refractivity contribution is 6.14. The molecule has 0 N–H and O–H groups in total. The zero-order valence-electron chi connectivity index (χ0n) is 6.50. The SMILES string of the molecule is Cc1cccc(N=NCl)c1C. The summed E-state index contributed by atoms with van der Waals surface area (Å²) in [5, 5.41) is 3.76. The third-order valence-corrected chi connectivity index (χ3v) is 1.80. The quantitative estimate of drug-likeness (QED) is 0.573. The number of aryl methyl sites for hydroxylation is 1. The Bertz CT molecular complexity index is 281. The van der Waals surface area contributed by atoms with Crippen molar-refractivity contribution in [2.75, 3.05) is 0 Å². The molecule has 0 aliphatic heterocycles. The van der Waals surface area contributed by atoms with Crippen LogP contribution in [0.2, 0.25) is 0 Å². The van der Waals surface area contributed by atoms with Crippen molar-refractivity contribution in [3.63, 3.8) is 0 Å². The summed E-state index contributed by atoms with van der Waals surface area (Å²) in [5.74, 6) is 0. The lowest BCUT2D eigenvalue weighted by Crippen LogP contribution is -1.78. The maximum atomic E-state index is 5.12. The van der Waals surface area contributed by atoms with Crippen molar-refractivity contribution in [1.82, 2.24) is 0 Å². The Labute approximate surface area is 71.0 Å². The lowest BCUT2D eigenvalue weighted by atomic mass is 10.1. The fourth-order valence-corrected chi connectivity index (χ4v) is 0.966. The molecule has 2 nitrogen and oxygen atoms in total. The summed E-state index contributed by atoms with van der Waals surface area (Å²) in [5.41, 5.74) is 3.16. The summed E-state index contributed by atoms with van der Waals surface area (Å²) < 4.78 is 3.21. The van der Waals surface area contributed by atoms with E-state index in [1.54, 1.807) is 0 Å². The fraction of sp³-hybridized carbons (Fsp3) is 0.250. The Morgan fingerprint density at radius 3 is 2.64 bits per heavy atom. The predicted molar refractivity (Wildman–Crippen MR) is 46.3 cm³/mol. The zero-order chi connectivity index (χ0) is 8.27. The average Bonchev–Trinajstić information content (AvgIpc) is 1.99.